The van der Waals surface area contributed by atoms with Gasteiger partial charge in [-0.2, -0.15) is 5.10 Å². The Hall–Kier alpha value is -2.19. The van der Waals surface area contributed by atoms with E-state index in [1.165, 1.54) is 5.56 Å². The van der Waals surface area contributed by atoms with E-state index in [0.29, 0.717) is 19.6 Å². The smallest absolute Gasteiger partial charge is 0.253 e. The first kappa shape index (κ1) is 19.1. The molecule has 1 saturated heterocycles. The van der Waals surface area contributed by atoms with Crippen LogP contribution in [-0.4, -0.2) is 67.3 Å². The highest BCUT2D eigenvalue weighted by molar-refractivity contribution is 5.81. The third kappa shape index (κ3) is 3.46. The lowest BCUT2D eigenvalue weighted by molar-refractivity contribution is -0.181. The first-order valence-electron chi connectivity index (χ1n) is 10.2. The molecule has 8 nitrogen and oxygen atoms in total. The Balaban J connectivity index is 1.49. The maximum atomic E-state index is 13.0. The molecule has 28 heavy (non-hydrogen) atoms. The molecule has 4 heterocycles. The molecule has 152 valence electrons. The molecule has 0 aromatic carbocycles. The maximum Gasteiger partial charge on any atom is 0.253 e. The van der Waals surface area contributed by atoms with Gasteiger partial charge in [0.15, 0.2) is 6.10 Å². The van der Waals surface area contributed by atoms with Crippen molar-refractivity contribution in [2.75, 3.05) is 26.2 Å². The predicted octanol–water partition coefficient (Wildman–Crippen LogP) is 1.38. The molecule has 0 saturated carbocycles. The van der Waals surface area contributed by atoms with E-state index >= 15 is 0 Å². The second-order valence-electron chi connectivity index (χ2n) is 7.81. The van der Waals surface area contributed by atoms with Crippen LogP contribution in [0.15, 0.2) is 24.8 Å². The number of amides is 1. The summed E-state index contributed by atoms with van der Waals surface area (Å²) >= 11 is 0. The molecule has 1 amide bonds. The average Bonchev–Trinajstić information content (AvgIpc) is 3.34. The molecule has 0 radical (unpaired) electrons. The van der Waals surface area contributed by atoms with Gasteiger partial charge in [0.05, 0.1) is 12.7 Å². The minimum Gasteiger partial charge on any atom is -0.352 e. The molecule has 0 aliphatic carbocycles. The fourth-order valence-corrected chi connectivity index (χ4v) is 4.49. The van der Waals surface area contributed by atoms with Gasteiger partial charge in [0.1, 0.15) is 11.4 Å². The van der Waals surface area contributed by atoms with Gasteiger partial charge >= 0.3 is 0 Å². The van der Waals surface area contributed by atoms with Gasteiger partial charge in [-0.3, -0.25) is 14.4 Å². The molecule has 1 spiro atoms. The van der Waals surface area contributed by atoms with Gasteiger partial charge in [-0.1, -0.05) is 0 Å². The summed E-state index contributed by atoms with van der Waals surface area (Å²) < 4.78 is 10.5. The number of fused-ring (bicyclic) bond motifs is 2. The van der Waals surface area contributed by atoms with E-state index in [-0.39, 0.29) is 5.91 Å². The molecule has 2 aromatic rings. The van der Waals surface area contributed by atoms with Gasteiger partial charge in [0.2, 0.25) is 0 Å². The SMILES string of the molecule is CCN(CC)C(=O)C1Cn2ccnc2C2(CCN(Cc3cnn(C)c3)CC2)O1. The van der Waals surface area contributed by atoms with Gasteiger partial charge < -0.3 is 14.2 Å². The second kappa shape index (κ2) is 7.67. The minimum absolute atomic E-state index is 0.0847. The van der Waals surface area contributed by atoms with Crippen molar-refractivity contribution in [3.63, 3.8) is 0 Å². The van der Waals surface area contributed by atoms with Crippen LogP contribution in [0, 0.1) is 0 Å². The molecule has 8 heteroatoms. The number of aromatic nitrogens is 4. The number of imidazole rings is 1. The summed E-state index contributed by atoms with van der Waals surface area (Å²) in [4.78, 5) is 21.9. The van der Waals surface area contributed by atoms with Gasteiger partial charge in [-0.15, -0.1) is 0 Å². The van der Waals surface area contributed by atoms with Crippen LogP contribution in [0.5, 0.6) is 0 Å². The maximum absolute atomic E-state index is 13.0. The third-order valence-corrected chi connectivity index (χ3v) is 6.03. The number of piperidine rings is 1. The summed E-state index contributed by atoms with van der Waals surface area (Å²) in [5.74, 6) is 1.05. The molecule has 0 N–H and O–H groups in total. The zero-order valence-corrected chi connectivity index (χ0v) is 17.0. The number of nitrogens with zero attached hydrogens (tertiary/aromatic N) is 6. The van der Waals surface area contributed by atoms with Crippen molar-refractivity contribution in [3.05, 3.63) is 36.2 Å². The van der Waals surface area contributed by atoms with Crippen molar-refractivity contribution in [1.29, 1.82) is 0 Å². The molecule has 1 atom stereocenters. The lowest BCUT2D eigenvalue weighted by atomic mass is 9.88. The van der Waals surface area contributed by atoms with Gasteiger partial charge in [-0.05, 0) is 26.7 Å². The van der Waals surface area contributed by atoms with E-state index < -0.39 is 11.7 Å². The van der Waals surface area contributed by atoms with Crippen molar-refractivity contribution in [1.82, 2.24) is 29.1 Å². The fourth-order valence-electron chi connectivity index (χ4n) is 4.49. The predicted molar refractivity (Wildman–Crippen MR) is 104 cm³/mol. The Morgan fingerprint density at radius 2 is 2.07 bits per heavy atom. The van der Waals surface area contributed by atoms with Crippen LogP contribution in [0.1, 0.15) is 38.1 Å². The highest BCUT2D eigenvalue weighted by Gasteiger charge is 2.47. The molecule has 2 aromatic heterocycles. The molecule has 2 aliphatic heterocycles. The minimum atomic E-state index is -0.472. The lowest BCUT2D eigenvalue weighted by Gasteiger charge is -2.46. The van der Waals surface area contributed by atoms with Gasteiger partial charge in [-0.25, -0.2) is 4.98 Å². The fraction of sp³-hybridized carbons (Fsp3) is 0.650. The van der Waals surface area contributed by atoms with Crippen molar-refractivity contribution in [3.8, 4) is 0 Å². The normalized spacial score (nSPS) is 21.6. The Bertz CT molecular complexity index is 816. The summed E-state index contributed by atoms with van der Waals surface area (Å²) in [7, 11) is 1.94. The summed E-state index contributed by atoms with van der Waals surface area (Å²) in [6.45, 7) is 8.70. The number of hydrogen-bond donors (Lipinski definition) is 0. The van der Waals surface area contributed by atoms with Crippen molar-refractivity contribution < 1.29 is 9.53 Å². The molecule has 4 rings (SSSR count). The van der Waals surface area contributed by atoms with Gasteiger partial charge in [0, 0.05) is 63.9 Å². The van der Waals surface area contributed by atoms with Gasteiger partial charge in [0.25, 0.3) is 5.91 Å². The Morgan fingerprint density at radius 3 is 2.71 bits per heavy atom. The standard InChI is InChI=1S/C20H30N6O2/c1-4-25(5-2)18(27)17-15-26-11-8-21-19(26)20(28-17)6-9-24(10-7-20)14-16-12-22-23(3)13-16/h8,11-13,17H,4-7,9-10,14-15H2,1-3H3. The van der Waals surface area contributed by atoms with Crippen LogP contribution in [0.3, 0.4) is 0 Å². The van der Waals surface area contributed by atoms with E-state index in [9.17, 15) is 4.79 Å². The third-order valence-electron chi connectivity index (χ3n) is 6.03. The Kier molecular flexibility index (Phi) is 5.25. The Labute approximate surface area is 166 Å². The summed E-state index contributed by atoms with van der Waals surface area (Å²) in [5.41, 5.74) is 0.750. The highest BCUT2D eigenvalue weighted by Crippen LogP contribution is 2.40. The Morgan fingerprint density at radius 1 is 1.32 bits per heavy atom. The molecule has 1 unspecified atom stereocenters. The van der Waals surface area contributed by atoms with Crippen LogP contribution in [0.2, 0.25) is 0 Å². The molecular formula is C20H30N6O2. The average molecular weight is 387 g/mol. The van der Waals surface area contributed by atoms with Crippen molar-refractivity contribution in [2.24, 2.45) is 7.05 Å². The van der Waals surface area contributed by atoms with E-state index in [1.54, 1.807) is 0 Å². The first-order valence-corrected chi connectivity index (χ1v) is 10.2. The van der Waals surface area contributed by atoms with E-state index in [4.69, 9.17) is 4.74 Å². The number of likely N-dealkylation sites (tertiary alicyclic amines) is 1. The number of carbonyl (C=O) groups excluding carboxylic acids is 1. The van der Waals surface area contributed by atoms with Crippen molar-refractivity contribution >= 4 is 5.91 Å². The lowest BCUT2D eigenvalue weighted by Crippen LogP contribution is -2.54. The number of hydrogen-bond acceptors (Lipinski definition) is 5. The number of ether oxygens (including phenoxy) is 1. The monoisotopic (exact) mass is 386 g/mol. The van der Waals surface area contributed by atoms with Crippen LogP contribution in [-0.2, 0) is 35.3 Å². The number of aryl methyl sites for hydroxylation is 1. The zero-order chi connectivity index (χ0) is 19.7. The van der Waals surface area contributed by atoms with E-state index in [0.717, 1.165) is 38.3 Å². The van der Waals surface area contributed by atoms with E-state index in [1.807, 2.05) is 49.1 Å². The van der Waals surface area contributed by atoms with E-state index in [2.05, 4.69) is 25.7 Å². The summed E-state index contributed by atoms with van der Waals surface area (Å²) in [6, 6.07) is 0. The number of carbonyl (C=O) groups is 1. The molecular weight excluding hydrogens is 356 g/mol. The number of likely N-dealkylation sites (N-methyl/N-ethyl adjacent to an activating group) is 1. The number of rotatable bonds is 5. The summed E-state index contributed by atoms with van der Waals surface area (Å²) in [5, 5.41) is 4.26. The quantitative estimate of drug-likeness (QED) is 0.777. The highest BCUT2D eigenvalue weighted by atomic mass is 16.5. The van der Waals surface area contributed by atoms with Crippen LogP contribution < -0.4 is 0 Å². The summed E-state index contributed by atoms with van der Waals surface area (Å²) in [6.07, 6.45) is 9.03. The van der Waals surface area contributed by atoms with Crippen LogP contribution in [0.4, 0.5) is 0 Å². The van der Waals surface area contributed by atoms with Crippen LogP contribution >= 0.6 is 0 Å². The molecule has 1 fully saturated rings. The topological polar surface area (TPSA) is 68.4 Å². The first-order chi connectivity index (χ1) is 13.5. The molecule has 0 bridgehead atoms. The van der Waals surface area contributed by atoms with Crippen molar-refractivity contribution in [2.45, 2.75) is 51.5 Å². The largest absolute Gasteiger partial charge is 0.352 e. The van der Waals surface area contributed by atoms with Crippen LogP contribution in [0.25, 0.3) is 0 Å². The molecule has 2 aliphatic rings. The zero-order valence-electron chi connectivity index (χ0n) is 17.0. The second-order valence-corrected chi connectivity index (χ2v) is 7.81.